The Kier molecular flexibility index (Phi) is 7.54. The van der Waals surface area contributed by atoms with Crippen LogP contribution in [0, 0.1) is 19.8 Å². The number of hydrogen-bond acceptors (Lipinski definition) is 4. The summed E-state index contributed by atoms with van der Waals surface area (Å²) in [7, 11) is 0. The molecule has 1 heterocycles. The van der Waals surface area contributed by atoms with Gasteiger partial charge in [0.15, 0.2) is 0 Å². The van der Waals surface area contributed by atoms with Crippen LogP contribution in [0.25, 0.3) is 11.3 Å². The van der Waals surface area contributed by atoms with E-state index < -0.39 is 17.6 Å². The number of pyridine rings is 1. The van der Waals surface area contributed by atoms with Gasteiger partial charge in [-0.25, -0.2) is 4.79 Å². The molecule has 1 unspecified atom stereocenters. The second-order valence-corrected chi connectivity index (χ2v) is 8.96. The second-order valence-electron chi connectivity index (χ2n) is 8.96. The van der Waals surface area contributed by atoms with Crippen molar-refractivity contribution in [1.29, 1.82) is 0 Å². The summed E-state index contributed by atoms with van der Waals surface area (Å²) in [6.45, 7) is 9.68. The number of amides is 1. The minimum absolute atomic E-state index is 0.127. The molecule has 1 N–H and O–H groups in total. The van der Waals surface area contributed by atoms with E-state index in [0.29, 0.717) is 22.7 Å². The first kappa shape index (κ1) is 23.8. The van der Waals surface area contributed by atoms with Crippen LogP contribution in [0.2, 0.25) is 0 Å². The van der Waals surface area contributed by atoms with Gasteiger partial charge in [0, 0.05) is 17.7 Å². The van der Waals surface area contributed by atoms with E-state index in [-0.39, 0.29) is 18.6 Å². The topological polar surface area (TPSA) is 77.4 Å². The normalized spacial score (nSPS) is 19.3. The molecule has 1 aliphatic carbocycles. The van der Waals surface area contributed by atoms with Crippen LogP contribution in [0.4, 0.5) is 0 Å². The van der Waals surface area contributed by atoms with Gasteiger partial charge in [-0.1, -0.05) is 36.8 Å². The number of nitrogens with one attached hydrogen (secondary N) is 1. The van der Waals surface area contributed by atoms with Gasteiger partial charge >= 0.3 is 5.97 Å². The van der Waals surface area contributed by atoms with Crippen molar-refractivity contribution in [3.63, 3.8) is 0 Å². The van der Waals surface area contributed by atoms with Crippen LogP contribution < -0.4 is 10.9 Å². The van der Waals surface area contributed by atoms with E-state index in [9.17, 15) is 14.4 Å². The first-order chi connectivity index (χ1) is 15.2. The maximum absolute atomic E-state index is 13.2. The monoisotopic (exact) mass is 438 g/mol. The highest BCUT2D eigenvalue weighted by Gasteiger charge is 2.27. The first-order valence-corrected chi connectivity index (χ1v) is 11.5. The summed E-state index contributed by atoms with van der Waals surface area (Å²) in [5.74, 6) is -0.0225. The molecule has 1 saturated carbocycles. The summed E-state index contributed by atoms with van der Waals surface area (Å²) < 4.78 is 6.61. The lowest BCUT2D eigenvalue weighted by molar-refractivity contribution is -0.146. The van der Waals surface area contributed by atoms with Crippen LogP contribution in [0.15, 0.2) is 35.1 Å². The number of ether oxygens (including phenoxy) is 1. The van der Waals surface area contributed by atoms with Gasteiger partial charge in [0.25, 0.3) is 11.5 Å². The largest absolute Gasteiger partial charge is 0.464 e. The van der Waals surface area contributed by atoms with Gasteiger partial charge in [-0.05, 0) is 70.4 Å². The number of esters is 1. The summed E-state index contributed by atoms with van der Waals surface area (Å²) in [4.78, 5) is 38.9. The predicted molar refractivity (Wildman–Crippen MR) is 126 cm³/mol. The average Bonchev–Trinajstić information content (AvgIpc) is 2.76. The van der Waals surface area contributed by atoms with E-state index in [2.05, 4.69) is 12.2 Å². The van der Waals surface area contributed by atoms with Crippen LogP contribution in [0.5, 0.6) is 0 Å². The van der Waals surface area contributed by atoms with Crippen molar-refractivity contribution in [2.24, 2.45) is 5.92 Å². The van der Waals surface area contributed by atoms with Gasteiger partial charge < -0.3 is 10.1 Å². The van der Waals surface area contributed by atoms with Gasteiger partial charge in [0.2, 0.25) is 0 Å². The maximum Gasteiger partial charge on any atom is 0.328 e. The zero-order chi connectivity index (χ0) is 23.4. The third-order valence-corrected chi connectivity index (χ3v) is 6.44. The van der Waals surface area contributed by atoms with Crippen LogP contribution in [-0.4, -0.2) is 29.1 Å². The number of hydrogen-bond donors (Lipinski definition) is 1. The molecule has 6 heteroatoms. The van der Waals surface area contributed by atoms with Crippen LogP contribution in [-0.2, 0) is 9.53 Å². The quantitative estimate of drug-likeness (QED) is 0.671. The minimum Gasteiger partial charge on any atom is -0.464 e. The molecule has 6 nitrogen and oxygen atoms in total. The van der Waals surface area contributed by atoms with E-state index >= 15 is 0 Å². The summed E-state index contributed by atoms with van der Waals surface area (Å²) in [5.41, 5.74) is 3.07. The fourth-order valence-electron chi connectivity index (χ4n) is 4.44. The highest BCUT2D eigenvalue weighted by molar-refractivity contribution is 5.97. The van der Waals surface area contributed by atoms with E-state index in [4.69, 9.17) is 4.74 Å². The molecule has 172 valence electrons. The van der Waals surface area contributed by atoms with E-state index in [1.54, 1.807) is 13.8 Å². The maximum atomic E-state index is 13.2. The number of rotatable bonds is 6. The van der Waals surface area contributed by atoms with Gasteiger partial charge in [-0.15, -0.1) is 0 Å². The predicted octanol–water partition coefficient (Wildman–Crippen LogP) is 4.56. The summed E-state index contributed by atoms with van der Waals surface area (Å²) >= 11 is 0. The van der Waals surface area contributed by atoms with Crippen LogP contribution in [0.1, 0.15) is 74.0 Å². The van der Waals surface area contributed by atoms with Crippen molar-refractivity contribution >= 4 is 11.9 Å². The van der Waals surface area contributed by atoms with Crippen LogP contribution >= 0.6 is 0 Å². The Labute approximate surface area is 190 Å². The third-order valence-electron chi connectivity index (χ3n) is 6.44. The number of nitrogens with zero attached hydrogens (tertiary/aromatic N) is 1. The molecule has 32 heavy (non-hydrogen) atoms. The van der Waals surface area contributed by atoms with Gasteiger partial charge in [-0.3, -0.25) is 14.2 Å². The molecule has 1 aromatic carbocycles. The second kappa shape index (κ2) is 10.2. The molecule has 0 bridgehead atoms. The lowest BCUT2D eigenvalue weighted by atomic mass is 9.87. The summed E-state index contributed by atoms with van der Waals surface area (Å²) in [6, 6.07) is 8.40. The average molecular weight is 439 g/mol. The smallest absolute Gasteiger partial charge is 0.328 e. The zero-order valence-electron chi connectivity index (χ0n) is 19.7. The van der Waals surface area contributed by atoms with Crippen molar-refractivity contribution in [3.8, 4) is 11.3 Å². The molecule has 0 saturated heterocycles. The standard InChI is InChI=1S/C26H34N2O4/c1-6-32-26(31)19(5)28-23(29)15-22(25(30)27-21-13-9-17(3)10-14-21)18(4)24(28)20-11-7-16(2)8-12-20/h7-8,11-12,15,17,19,21H,6,9-10,13-14H2,1-5H3,(H,27,30)/t17-,19?,21-. The van der Waals surface area contributed by atoms with Crippen molar-refractivity contribution in [2.75, 3.05) is 6.61 Å². The number of aromatic nitrogens is 1. The lowest BCUT2D eigenvalue weighted by Crippen LogP contribution is -2.39. The number of carbonyl (C=O) groups excluding carboxylic acids is 2. The number of carbonyl (C=O) groups is 2. The van der Waals surface area contributed by atoms with Crippen molar-refractivity contribution in [1.82, 2.24) is 9.88 Å². The molecule has 1 amide bonds. The molecule has 0 radical (unpaired) electrons. The van der Waals surface area contributed by atoms with Gasteiger partial charge in [0.1, 0.15) is 6.04 Å². The number of benzene rings is 1. The molecule has 0 spiro atoms. The molecule has 1 fully saturated rings. The van der Waals surface area contributed by atoms with Gasteiger partial charge in [0.05, 0.1) is 12.3 Å². The zero-order valence-corrected chi connectivity index (χ0v) is 19.7. The van der Waals surface area contributed by atoms with Crippen molar-refractivity contribution in [2.45, 2.75) is 72.4 Å². The van der Waals surface area contributed by atoms with Crippen molar-refractivity contribution in [3.05, 3.63) is 57.4 Å². The minimum atomic E-state index is -0.811. The van der Waals surface area contributed by atoms with E-state index in [1.165, 1.54) is 10.6 Å². The SMILES string of the molecule is CCOC(=O)C(C)n1c(-c2ccc(C)cc2)c(C)c(C(=O)N[C@H]2CC[C@H](C)CC2)cc1=O. The molecule has 0 aliphatic heterocycles. The Morgan fingerprint density at radius 3 is 2.34 bits per heavy atom. The van der Waals surface area contributed by atoms with E-state index in [1.807, 2.05) is 38.1 Å². The Bertz CT molecular complexity index is 1030. The molecule has 3 rings (SSSR count). The fraction of sp³-hybridized carbons (Fsp3) is 0.500. The van der Waals surface area contributed by atoms with Crippen molar-refractivity contribution < 1.29 is 14.3 Å². The molecule has 1 atom stereocenters. The van der Waals surface area contributed by atoms with Gasteiger partial charge in [-0.2, -0.15) is 0 Å². The molecular formula is C26H34N2O4. The Morgan fingerprint density at radius 2 is 1.75 bits per heavy atom. The lowest BCUT2D eigenvalue weighted by Gasteiger charge is -2.27. The van der Waals surface area contributed by atoms with Crippen LogP contribution in [0.3, 0.4) is 0 Å². The first-order valence-electron chi connectivity index (χ1n) is 11.5. The molecule has 1 aromatic heterocycles. The molecule has 2 aromatic rings. The Balaban J connectivity index is 2.07. The highest BCUT2D eigenvalue weighted by atomic mass is 16.5. The highest BCUT2D eigenvalue weighted by Crippen LogP contribution is 2.29. The fourth-order valence-corrected chi connectivity index (χ4v) is 4.44. The molecule has 1 aliphatic rings. The third kappa shape index (κ3) is 5.12. The van der Waals surface area contributed by atoms with E-state index in [0.717, 1.165) is 36.8 Å². The molecular weight excluding hydrogens is 404 g/mol. The Hall–Kier alpha value is -2.89. The number of aryl methyl sites for hydroxylation is 1. The Morgan fingerprint density at radius 1 is 1.12 bits per heavy atom. The summed E-state index contributed by atoms with van der Waals surface area (Å²) in [6.07, 6.45) is 4.09. The summed E-state index contributed by atoms with van der Waals surface area (Å²) in [5, 5.41) is 3.12.